The molecule has 0 radical (unpaired) electrons. The summed E-state index contributed by atoms with van der Waals surface area (Å²) >= 11 is 5.34. The smallest absolute Gasteiger partial charge is 0.273 e. The Morgan fingerprint density at radius 1 is 1.24 bits per heavy atom. The summed E-state index contributed by atoms with van der Waals surface area (Å²) in [5, 5.41) is 6.43. The van der Waals surface area contributed by atoms with Crippen LogP contribution in [0.1, 0.15) is 29.2 Å². The summed E-state index contributed by atoms with van der Waals surface area (Å²) in [7, 11) is 2.91. The van der Waals surface area contributed by atoms with Gasteiger partial charge in [-0.05, 0) is 48.7 Å². The topological polar surface area (TPSA) is 98.3 Å². The second kappa shape index (κ2) is 12.6. The molecule has 0 saturated carbocycles. The van der Waals surface area contributed by atoms with E-state index in [-0.39, 0.29) is 30.8 Å². The highest BCUT2D eigenvalue weighted by atomic mass is 32.1. The van der Waals surface area contributed by atoms with E-state index in [1.54, 1.807) is 31.2 Å². The Labute approximate surface area is 198 Å². The van der Waals surface area contributed by atoms with E-state index in [1.165, 1.54) is 26.3 Å². The largest absolute Gasteiger partial charge is 0.398 e. The van der Waals surface area contributed by atoms with Gasteiger partial charge in [-0.2, -0.15) is 0 Å². The number of likely N-dealkylation sites (N-methyl/N-ethyl adjacent to an activating group) is 1. The molecule has 0 bridgehead atoms. The van der Waals surface area contributed by atoms with Gasteiger partial charge >= 0.3 is 0 Å². The molecule has 174 valence electrons. The number of amides is 1. The molecule has 7 nitrogen and oxygen atoms in total. The van der Waals surface area contributed by atoms with Gasteiger partial charge in [0, 0.05) is 17.5 Å². The van der Waals surface area contributed by atoms with E-state index >= 15 is 0 Å². The number of nitrogens with zero attached hydrogens (tertiary/aromatic N) is 2. The number of nitrogens with one attached hydrogen (secondary N) is 1. The monoisotopic (exact) mass is 470 g/mol. The summed E-state index contributed by atoms with van der Waals surface area (Å²) in [5.74, 6) is -0.700. The first-order chi connectivity index (χ1) is 15.8. The van der Waals surface area contributed by atoms with Crippen molar-refractivity contribution in [1.29, 1.82) is 0 Å². The summed E-state index contributed by atoms with van der Waals surface area (Å²) in [4.78, 5) is 21.9. The molecule has 0 saturated heterocycles. The molecule has 0 heterocycles. The van der Waals surface area contributed by atoms with Gasteiger partial charge < -0.3 is 20.6 Å². The number of carbonyl (C=O) groups excluding carboxylic acids is 1. The van der Waals surface area contributed by atoms with Crippen molar-refractivity contribution < 1.29 is 18.8 Å². The molecule has 2 rings (SSSR count). The first kappa shape index (κ1) is 25.8. The summed E-state index contributed by atoms with van der Waals surface area (Å²) < 4.78 is 18.8. The number of oxime groups is 1. The van der Waals surface area contributed by atoms with E-state index < -0.39 is 0 Å². The van der Waals surface area contributed by atoms with Crippen molar-refractivity contribution in [3.8, 4) is 0 Å². The Kier molecular flexibility index (Phi) is 9.84. The highest BCUT2D eigenvalue weighted by molar-refractivity contribution is 7.81. The maximum absolute atomic E-state index is 13.1. The number of aryl methyl sites for hydroxylation is 1. The molecule has 0 aliphatic carbocycles. The maximum atomic E-state index is 13.1. The van der Waals surface area contributed by atoms with Crippen LogP contribution in [-0.4, -0.2) is 43.1 Å². The highest BCUT2D eigenvalue weighted by Crippen LogP contribution is 2.17. The van der Waals surface area contributed by atoms with E-state index in [9.17, 15) is 9.18 Å². The van der Waals surface area contributed by atoms with Crippen molar-refractivity contribution in [1.82, 2.24) is 5.32 Å². The van der Waals surface area contributed by atoms with Crippen LogP contribution in [0, 0.1) is 12.7 Å². The number of hydrogen-bond donors (Lipinski definition) is 2. The van der Waals surface area contributed by atoms with Gasteiger partial charge in [-0.25, -0.2) is 4.39 Å². The van der Waals surface area contributed by atoms with Crippen LogP contribution in [0.2, 0.25) is 0 Å². The Hall–Kier alpha value is -3.43. The minimum absolute atomic E-state index is 0.0498. The molecule has 0 atom stereocenters. The number of halogens is 1. The van der Waals surface area contributed by atoms with Gasteiger partial charge in [-0.1, -0.05) is 47.7 Å². The molecular formula is C24H27FN4O3S. The Bertz CT molecular complexity index is 1100. The fourth-order valence-corrected chi connectivity index (χ4v) is 3.13. The number of aliphatic imine (C=N–C) groups is 1. The number of benzene rings is 2. The van der Waals surface area contributed by atoms with E-state index in [0.29, 0.717) is 27.4 Å². The predicted octanol–water partition coefficient (Wildman–Crippen LogP) is 3.43. The summed E-state index contributed by atoms with van der Waals surface area (Å²) in [6.45, 7) is 3.92. The van der Waals surface area contributed by atoms with Crippen molar-refractivity contribution in [3.05, 3.63) is 82.3 Å². The van der Waals surface area contributed by atoms with Crippen molar-refractivity contribution in [2.24, 2.45) is 15.9 Å². The molecule has 2 aromatic carbocycles. The lowest BCUT2D eigenvalue weighted by Crippen LogP contribution is -2.29. The average Bonchev–Trinajstić information content (AvgIpc) is 2.80. The molecule has 2 aromatic rings. The van der Waals surface area contributed by atoms with E-state index in [2.05, 4.69) is 15.5 Å². The third-order valence-corrected chi connectivity index (χ3v) is 5.12. The van der Waals surface area contributed by atoms with Gasteiger partial charge in [0.15, 0.2) is 5.71 Å². The quantitative estimate of drug-likeness (QED) is 0.138. The minimum Gasteiger partial charge on any atom is -0.398 e. The van der Waals surface area contributed by atoms with E-state index in [1.807, 2.05) is 19.1 Å². The third-order valence-electron chi connectivity index (χ3n) is 4.76. The fraction of sp³-hybridized carbons (Fsp3) is 0.250. The zero-order chi connectivity index (χ0) is 24.4. The van der Waals surface area contributed by atoms with E-state index in [4.69, 9.17) is 27.5 Å². The third kappa shape index (κ3) is 7.30. The van der Waals surface area contributed by atoms with Crippen LogP contribution in [0.5, 0.6) is 0 Å². The number of hydrogen-bond acceptors (Lipinski definition) is 7. The highest BCUT2D eigenvalue weighted by Gasteiger charge is 2.18. The van der Waals surface area contributed by atoms with Crippen molar-refractivity contribution in [3.63, 3.8) is 0 Å². The molecule has 9 heteroatoms. The molecular weight excluding hydrogens is 443 g/mol. The molecule has 0 unspecified atom stereocenters. The number of nitrogens with two attached hydrogens (primary N) is 1. The zero-order valence-electron chi connectivity index (χ0n) is 19.0. The van der Waals surface area contributed by atoms with Gasteiger partial charge in [0.05, 0.1) is 18.0 Å². The van der Waals surface area contributed by atoms with Crippen LogP contribution in [0.3, 0.4) is 0 Å². The van der Waals surface area contributed by atoms with Crippen molar-refractivity contribution in [2.45, 2.75) is 20.5 Å². The normalized spacial score (nSPS) is 12.5. The van der Waals surface area contributed by atoms with Gasteiger partial charge in [0.25, 0.3) is 5.91 Å². The molecule has 0 fully saturated rings. The second-order valence-electron chi connectivity index (χ2n) is 6.99. The lowest BCUT2D eigenvalue weighted by molar-refractivity contribution is -0.114. The van der Waals surface area contributed by atoms with Crippen LogP contribution in [0.4, 0.5) is 4.39 Å². The fourth-order valence-electron chi connectivity index (χ4n) is 2.86. The van der Waals surface area contributed by atoms with Gasteiger partial charge in [0.2, 0.25) is 0 Å². The molecule has 0 aromatic heterocycles. The number of allylic oxidation sites excluding steroid dienone is 2. The summed E-state index contributed by atoms with van der Waals surface area (Å²) in [5.41, 5.74) is 10.2. The van der Waals surface area contributed by atoms with Crippen molar-refractivity contribution in [2.75, 3.05) is 20.9 Å². The molecule has 3 N–H and O–H groups in total. The maximum Gasteiger partial charge on any atom is 0.273 e. The Morgan fingerprint density at radius 2 is 1.94 bits per heavy atom. The molecule has 0 spiro atoms. The molecule has 0 aliphatic rings. The van der Waals surface area contributed by atoms with Gasteiger partial charge in [-0.15, -0.1) is 0 Å². The number of ether oxygens (including phenoxy) is 1. The van der Waals surface area contributed by atoms with Crippen LogP contribution < -0.4 is 11.1 Å². The van der Waals surface area contributed by atoms with E-state index in [0.717, 1.165) is 11.1 Å². The summed E-state index contributed by atoms with van der Waals surface area (Å²) in [6, 6.07) is 11.4. The lowest BCUT2D eigenvalue weighted by atomic mass is 9.98. The molecule has 33 heavy (non-hydrogen) atoms. The first-order valence-electron chi connectivity index (χ1n) is 10.1. The number of rotatable bonds is 10. The lowest BCUT2D eigenvalue weighted by Gasteiger charge is -2.13. The SMILES string of the molecule is CNC(=O)/C(=N/OC)c1cccc(C)c1COC/N=C(\C)C(N)=CC(=S)c1ccc(F)cc1. The summed E-state index contributed by atoms with van der Waals surface area (Å²) in [6.07, 6.45) is 1.61. The van der Waals surface area contributed by atoms with Gasteiger partial charge in [0.1, 0.15) is 19.7 Å². The first-order valence-corrected chi connectivity index (χ1v) is 10.5. The second-order valence-corrected chi connectivity index (χ2v) is 7.43. The standard InChI is InChI=1S/C24H27FN4O3S/c1-15-6-5-7-19(23(29-31-4)24(30)27-3)20(15)13-32-14-28-16(2)21(26)12-22(33)17-8-10-18(25)11-9-17/h5-12H,13-14,26H2,1-4H3,(H,27,30)/b21-12?,28-16+,29-23+. The average molecular weight is 471 g/mol. The molecule has 1 amide bonds. The van der Waals surface area contributed by atoms with Gasteiger partial charge in [-0.3, -0.25) is 9.79 Å². The Balaban J connectivity index is 2.09. The number of carbonyl (C=O) groups is 1. The minimum atomic E-state index is -0.368. The van der Waals surface area contributed by atoms with Crippen LogP contribution in [0.15, 0.2) is 64.4 Å². The van der Waals surface area contributed by atoms with Crippen LogP contribution in [-0.2, 0) is 21.0 Å². The van der Waals surface area contributed by atoms with Crippen molar-refractivity contribution >= 4 is 34.4 Å². The zero-order valence-corrected chi connectivity index (χ0v) is 19.8. The van der Waals surface area contributed by atoms with Crippen LogP contribution >= 0.6 is 12.2 Å². The van der Waals surface area contributed by atoms with Crippen LogP contribution in [0.25, 0.3) is 0 Å². The number of thiocarbonyl (C=S) groups is 1. The Morgan fingerprint density at radius 3 is 2.58 bits per heavy atom. The predicted molar refractivity (Wildman–Crippen MR) is 132 cm³/mol. The molecule has 0 aliphatic heterocycles.